The number of aryl methyl sites for hydroxylation is 1. The Morgan fingerprint density at radius 1 is 1.00 bits per heavy atom. The fourth-order valence-electron chi connectivity index (χ4n) is 3.35. The highest BCUT2D eigenvalue weighted by atomic mass is 16.1. The van der Waals surface area contributed by atoms with Crippen molar-refractivity contribution in [2.75, 3.05) is 0 Å². The predicted molar refractivity (Wildman–Crippen MR) is 107 cm³/mol. The largest absolute Gasteiger partial charge is 0.268 e. The fraction of sp³-hybridized carbons (Fsp3) is 0.0870. The molecule has 0 aliphatic carbocycles. The Balaban J connectivity index is 2.09. The van der Waals surface area contributed by atoms with Gasteiger partial charge in [0.2, 0.25) is 0 Å². The fourth-order valence-corrected chi connectivity index (χ4v) is 3.35. The number of hydrogen-bond donors (Lipinski definition) is 0. The number of rotatable bonds is 3. The van der Waals surface area contributed by atoms with Gasteiger partial charge in [-0.1, -0.05) is 49.4 Å². The average Bonchev–Trinajstić information content (AvgIpc) is 2.73. The van der Waals surface area contributed by atoms with Gasteiger partial charge in [-0.05, 0) is 41.5 Å². The van der Waals surface area contributed by atoms with Crippen molar-refractivity contribution in [2.24, 2.45) is 0 Å². The van der Waals surface area contributed by atoms with Crippen LogP contribution in [0.5, 0.6) is 0 Å². The van der Waals surface area contributed by atoms with Crippen molar-refractivity contribution < 1.29 is 0 Å². The molecule has 1 aromatic heterocycles. The van der Waals surface area contributed by atoms with E-state index < -0.39 is 0 Å². The number of nitriles is 1. The molecule has 0 fully saturated rings. The van der Waals surface area contributed by atoms with Crippen molar-refractivity contribution in [3.05, 3.63) is 94.5 Å². The van der Waals surface area contributed by atoms with E-state index in [1.54, 1.807) is 16.7 Å². The molecule has 0 bridgehead atoms. The second-order valence-electron chi connectivity index (χ2n) is 6.25. The Kier molecular flexibility index (Phi) is 4.27. The van der Waals surface area contributed by atoms with Crippen LogP contribution in [0.3, 0.4) is 0 Å². The van der Waals surface area contributed by atoms with Crippen LogP contribution in [0, 0.1) is 11.3 Å². The number of para-hydroxylation sites is 1. The van der Waals surface area contributed by atoms with Crippen molar-refractivity contribution in [3.63, 3.8) is 0 Å². The van der Waals surface area contributed by atoms with Gasteiger partial charge in [0.1, 0.15) is 5.82 Å². The van der Waals surface area contributed by atoms with Gasteiger partial charge in [-0.2, -0.15) is 5.26 Å². The van der Waals surface area contributed by atoms with E-state index >= 15 is 0 Å². The van der Waals surface area contributed by atoms with E-state index in [9.17, 15) is 10.1 Å². The molecule has 27 heavy (non-hydrogen) atoms. The van der Waals surface area contributed by atoms with Gasteiger partial charge in [0.15, 0.2) is 0 Å². The number of fused-ring (bicyclic) bond motifs is 1. The molecule has 130 valence electrons. The highest BCUT2D eigenvalue weighted by Gasteiger charge is 2.15. The van der Waals surface area contributed by atoms with Gasteiger partial charge in [0.05, 0.1) is 28.2 Å². The second kappa shape index (κ2) is 6.89. The lowest BCUT2D eigenvalue weighted by Crippen LogP contribution is -2.24. The molecule has 0 N–H and O–H groups in total. The molecule has 4 nitrogen and oxygen atoms in total. The van der Waals surface area contributed by atoms with Crippen LogP contribution in [0.2, 0.25) is 0 Å². The zero-order valence-corrected chi connectivity index (χ0v) is 14.9. The summed E-state index contributed by atoms with van der Waals surface area (Å²) in [6.45, 7) is 1.99. The first-order chi connectivity index (χ1) is 13.2. The first kappa shape index (κ1) is 16.7. The number of hydrogen-bond acceptors (Lipinski definition) is 3. The Morgan fingerprint density at radius 2 is 1.78 bits per heavy atom. The van der Waals surface area contributed by atoms with Crippen molar-refractivity contribution in [1.29, 1.82) is 5.26 Å². The molecule has 0 aliphatic rings. The molecule has 0 unspecified atom stereocenters. The van der Waals surface area contributed by atoms with Gasteiger partial charge in [-0.3, -0.25) is 9.36 Å². The summed E-state index contributed by atoms with van der Waals surface area (Å²) in [4.78, 5) is 18.3. The molecule has 3 aromatic carbocycles. The van der Waals surface area contributed by atoms with Gasteiger partial charge in [-0.25, -0.2) is 4.98 Å². The van der Waals surface area contributed by atoms with Crippen LogP contribution in [0.25, 0.3) is 27.7 Å². The van der Waals surface area contributed by atoms with Gasteiger partial charge < -0.3 is 0 Å². The molecule has 4 aromatic rings. The topological polar surface area (TPSA) is 58.7 Å². The molecule has 4 rings (SSSR count). The van der Waals surface area contributed by atoms with Crippen molar-refractivity contribution in [3.8, 4) is 22.9 Å². The zero-order valence-electron chi connectivity index (χ0n) is 14.9. The predicted octanol–water partition coefficient (Wildman–Crippen LogP) is 4.49. The van der Waals surface area contributed by atoms with Gasteiger partial charge in [-0.15, -0.1) is 0 Å². The minimum atomic E-state index is -0.0963. The highest BCUT2D eigenvalue weighted by Crippen LogP contribution is 2.27. The van der Waals surface area contributed by atoms with Crippen LogP contribution in [-0.4, -0.2) is 9.55 Å². The zero-order chi connectivity index (χ0) is 18.8. The van der Waals surface area contributed by atoms with Crippen LogP contribution < -0.4 is 5.56 Å². The van der Waals surface area contributed by atoms with Crippen LogP contribution >= 0.6 is 0 Å². The van der Waals surface area contributed by atoms with Gasteiger partial charge >= 0.3 is 0 Å². The van der Waals surface area contributed by atoms with Crippen molar-refractivity contribution in [2.45, 2.75) is 13.3 Å². The maximum absolute atomic E-state index is 13.5. The quantitative estimate of drug-likeness (QED) is 0.546. The van der Waals surface area contributed by atoms with Crippen LogP contribution in [0.4, 0.5) is 0 Å². The summed E-state index contributed by atoms with van der Waals surface area (Å²) in [6.07, 6.45) is 0.647. The summed E-state index contributed by atoms with van der Waals surface area (Å²) < 4.78 is 1.68. The van der Waals surface area contributed by atoms with Crippen LogP contribution in [0.15, 0.2) is 77.6 Å². The minimum Gasteiger partial charge on any atom is -0.268 e. The third kappa shape index (κ3) is 2.90. The van der Waals surface area contributed by atoms with E-state index in [0.29, 0.717) is 22.9 Å². The molecule has 0 radical (unpaired) electrons. The first-order valence-corrected chi connectivity index (χ1v) is 8.83. The summed E-state index contributed by atoms with van der Waals surface area (Å²) in [5.41, 5.74) is 3.56. The Hall–Kier alpha value is -3.71. The number of benzene rings is 3. The summed E-state index contributed by atoms with van der Waals surface area (Å²) in [6, 6.07) is 24.7. The maximum Gasteiger partial charge on any atom is 0.266 e. The number of aromatic nitrogens is 2. The van der Waals surface area contributed by atoms with E-state index in [-0.39, 0.29) is 5.56 Å². The lowest BCUT2D eigenvalue weighted by atomic mass is 9.99. The SMILES string of the molecule is CCc1nc2cccc(-c3cccc(C#N)c3)c2c(=O)n1-c1ccccc1. The van der Waals surface area contributed by atoms with E-state index in [2.05, 4.69) is 6.07 Å². The second-order valence-corrected chi connectivity index (χ2v) is 6.25. The Labute approximate surface area is 157 Å². The van der Waals surface area contributed by atoms with Crippen molar-refractivity contribution in [1.82, 2.24) is 9.55 Å². The van der Waals surface area contributed by atoms with E-state index in [4.69, 9.17) is 4.98 Å². The van der Waals surface area contributed by atoms with Crippen molar-refractivity contribution >= 4 is 10.9 Å². The van der Waals surface area contributed by atoms with Gasteiger partial charge in [0.25, 0.3) is 5.56 Å². The lowest BCUT2D eigenvalue weighted by molar-refractivity contribution is 0.833. The lowest BCUT2D eigenvalue weighted by Gasteiger charge is -2.14. The molecule has 0 aliphatic heterocycles. The smallest absolute Gasteiger partial charge is 0.266 e. The summed E-state index contributed by atoms with van der Waals surface area (Å²) in [7, 11) is 0. The Morgan fingerprint density at radius 3 is 2.52 bits per heavy atom. The molecule has 0 amide bonds. The molecule has 1 heterocycles. The third-order valence-electron chi connectivity index (χ3n) is 4.60. The van der Waals surface area contributed by atoms with Gasteiger partial charge in [0, 0.05) is 6.42 Å². The van der Waals surface area contributed by atoms with Crippen LogP contribution in [-0.2, 0) is 6.42 Å². The highest BCUT2D eigenvalue weighted by molar-refractivity contribution is 5.94. The van der Waals surface area contributed by atoms with E-state index in [1.165, 1.54) is 0 Å². The molecule has 0 spiro atoms. The summed E-state index contributed by atoms with van der Waals surface area (Å²) in [5, 5.41) is 9.77. The summed E-state index contributed by atoms with van der Waals surface area (Å²) >= 11 is 0. The molecular formula is C23H17N3O. The molecule has 4 heteroatoms. The minimum absolute atomic E-state index is 0.0963. The molecular weight excluding hydrogens is 334 g/mol. The summed E-state index contributed by atoms with van der Waals surface area (Å²) in [5.74, 6) is 0.724. The van der Waals surface area contributed by atoms with E-state index in [0.717, 1.165) is 22.6 Å². The number of nitrogens with zero attached hydrogens (tertiary/aromatic N) is 3. The molecule has 0 atom stereocenters. The normalized spacial score (nSPS) is 10.7. The maximum atomic E-state index is 13.5. The van der Waals surface area contributed by atoms with Crippen LogP contribution in [0.1, 0.15) is 18.3 Å². The first-order valence-electron chi connectivity index (χ1n) is 8.83. The molecule has 0 saturated heterocycles. The monoisotopic (exact) mass is 351 g/mol. The Bertz CT molecular complexity index is 1230. The van der Waals surface area contributed by atoms with E-state index in [1.807, 2.05) is 67.6 Å². The molecule has 0 saturated carbocycles. The third-order valence-corrected chi connectivity index (χ3v) is 4.60. The standard InChI is InChI=1S/C23H17N3O/c1-2-21-25-20-13-7-12-19(17-9-6-8-16(14-17)15-24)22(20)23(27)26(21)18-10-4-3-5-11-18/h3-14H,2H2,1H3. The average molecular weight is 351 g/mol.